The summed E-state index contributed by atoms with van der Waals surface area (Å²) in [5.41, 5.74) is -0.185. The van der Waals surface area contributed by atoms with Crippen LogP contribution in [-0.4, -0.2) is 65.2 Å². The lowest BCUT2D eigenvalue weighted by atomic mass is 10.1. The Morgan fingerprint density at radius 1 is 1.03 bits per heavy atom. The van der Waals surface area contributed by atoms with Crippen molar-refractivity contribution < 1.29 is 31.5 Å². The van der Waals surface area contributed by atoms with E-state index in [4.69, 9.17) is 9.84 Å². The van der Waals surface area contributed by atoms with E-state index in [-0.39, 0.29) is 26.9 Å². The number of carboxylic acids is 1. The van der Waals surface area contributed by atoms with Crippen LogP contribution < -0.4 is 9.46 Å². The van der Waals surface area contributed by atoms with Gasteiger partial charge in [0.25, 0.3) is 0 Å². The maximum absolute atomic E-state index is 12.5. The molecule has 2 aromatic carbocycles. The Morgan fingerprint density at radius 2 is 1.69 bits per heavy atom. The second-order valence-electron chi connectivity index (χ2n) is 7.61. The molecule has 1 saturated heterocycles. The molecule has 0 aromatic heterocycles. The topological polar surface area (TPSA) is 130 Å². The first kappa shape index (κ1) is 24.2. The summed E-state index contributed by atoms with van der Waals surface area (Å²) in [6, 6.07) is 9.07. The quantitative estimate of drug-likeness (QED) is 0.557. The van der Waals surface area contributed by atoms with E-state index in [9.17, 15) is 21.6 Å². The van der Waals surface area contributed by atoms with E-state index >= 15 is 0 Å². The number of ether oxygens (including phenoxy) is 1. The molecule has 11 heteroatoms. The van der Waals surface area contributed by atoms with Gasteiger partial charge in [-0.2, -0.15) is 0 Å². The van der Waals surface area contributed by atoms with Crippen molar-refractivity contribution in [2.45, 2.75) is 29.1 Å². The van der Waals surface area contributed by atoms with E-state index in [2.05, 4.69) is 9.62 Å². The van der Waals surface area contributed by atoms with Crippen LogP contribution in [0.15, 0.2) is 52.3 Å². The Labute approximate surface area is 188 Å². The first-order valence-electron chi connectivity index (χ1n) is 10.1. The molecule has 0 bridgehead atoms. The summed E-state index contributed by atoms with van der Waals surface area (Å²) in [6.07, 6.45) is 4.43. The number of nitrogens with one attached hydrogen (secondary N) is 1. The predicted molar refractivity (Wildman–Crippen MR) is 119 cm³/mol. The van der Waals surface area contributed by atoms with Crippen molar-refractivity contribution in [2.75, 3.05) is 32.4 Å². The minimum absolute atomic E-state index is 0.0484. The van der Waals surface area contributed by atoms with Crippen LogP contribution in [0.25, 0.3) is 0 Å². The van der Waals surface area contributed by atoms with Gasteiger partial charge in [0, 0.05) is 19.3 Å². The molecular weight excluding hydrogens is 456 g/mol. The van der Waals surface area contributed by atoms with Crippen molar-refractivity contribution in [3.63, 3.8) is 0 Å². The van der Waals surface area contributed by atoms with Crippen LogP contribution in [0.3, 0.4) is 0 Å². The maximum atomic E-state index is 12.5. The molecule has 0 unspecified atom stereocenters. The number of carboxylic acid groups (broad SMARTS) is 1. The Bertz CT molecular complexity index is 1170. The lowest BCUT2D eigenvalue weighted by Crippen LogP contribution is -2.37. The minimum Gasteiger partial charge on any atom is -0.478 e. The molecule has 2 N–H and O–H groups in total. The third-order valence-corrected chi connectivity index (χ3v) is 7.72. The predicted octanol–water partition coefficient (Wildman–Crippen LogP) is 2.34. The molecule has 0 radical (unpaired) electrons. The van der Waals surface area contributed by atoms with Crippen molar-refractivity contribution in [1.29, 1.82) is 0 Å². The van der Waals surface area contributed by atoms with Crippen LogP contribution in [-0.2, 0) is 19.9 Å². The fraction of sp³-hybridized carbons (Fsp3) is 0.381. The Hall–Kier alpha value is -2.47. The Morgan fingerprint density at radius 3 is 2.28 bits per heavy atom. The van der Waals surface area contributed by atoms with E-state index in [0.717, 1.165) is 38.3 Å². The van der Waals surface area contributed by atoms with E-state index in [1.165, 1.54) is 42.8 Å². The van der Waals surface area contributed by atoms with Crippen molar-refractivity contribution in [3.05, 3.63) is 48.0 Å². The molecule has 3 rings (SSSR count). The number of benzene rings is 2. The first-order valence-corrected chi connectivity index (χ1v) is 13.5. The van der Waals surface area contributed by atoms with E-state index < -0.39 is 25.8 Å². The number of carbonyl (C=O) groups is 1. The van der Waals surface area contributed by atoms with Crippen LogP contribution in [0.4, 0.5) is 0 Å². The summed E-state index contributed by atoms with van der Waals surface area (Å²) in [4.78, 5) is 13.2. The molecule has 0 saturated carbocycles. The molecule has 2 aromatic rings. The van der Waals surface area contributed by atoms with E-state index in [1.54, 1.807) is 0 Å². The third-order valence-electron chi connectivity index (χ3n) is 5.12. The molecule has 0 amide bonds. The van der Waals surface area contributed by atoms with Crippen molar-refractivity contribution >= 4 is 25.8 Å². The van der Waals surface area contributed by atoms with Crippen LogP contribution in [0.2, 0.25) is 0 Å². The lowest BCUT2D eigenvalue weighted by molar-refractivity contribution is 0.0696. The highest BCUT2D eigenvalue weighted by atomic mass is 32.2. The minimum atomic E-state index is -3.76. The van der Waals surface area contributed by atoms with Crippen LogP contribution in [0, 0.1) is 0 Å². The number of sulfone groups is 1. The van der Waals surface area contributed by atoms with Gasteiger partial charge in [0.2, 0.25) is 10.0 Å². The smallest absolute Gasteiger partial charge is 0.335 e. The summed E-state index contributed by atoms with van der Waals surface area (Å²) in [7, 11) is -7.45. The molecule has 0 aliphatic carbocycles. The van der Waals surface area contributed by atoms with Gasteiger partial charge in [-0.1, -0.05) is 6.42 Å². The van der Waals surface area contributed by atoms with Crippen LogP contribution in [0.1, 0.15) is 29.6 Å². The van der Waals surface area contributed by atoms with Crippen molar-refractivity contribution in [3.8, 4) is 11.5 Å². The van der Waals surface area contributed by atoms with Gasteiger partial charge in [0.15, 0.2) is 9.84 Å². The number of nitrogens with zero attached hydrogens (tertiary/aromatic N) is 1. The highest BCUT2D eigenvalue weighted by Gasteiger charge is 2.19. The average molecular weight is 483 g/mol. The first-order chi connectivity index (χ1) is 15.1. The molecule has 1 aliphatic rings. The van der Waals surface area contributed by atoms with Gasteiger partial charge in [-0.05, 0) is 68.4 Å². The molecule has 1 heterocycles. The summed E-state index contributed by atoms with van der Waals surface area (Å²) in [5, 5.41) is 9.10. The monoisotopic (exact) mass is 482 g/mol. The molecule has 32 heavy (non-hydrogen) atoms. The molecular formula is C21H26N2O7S2. The lowest BCUT2D eigenvalue weighted by Gasteiger charge is -2.26. The van der Waals surface area contributed by atoms with Gasteiger partial charge in [-0.25, -0.2) is 26.4 Å². The third kappa shape index (κ3) is 6.28. The number of hydrogen-bond donors (Lipinski definition) is 2. The van der Waals surface area contributed by atoms with Gasteiger partial charge in [-0.3, -0.25) is 0 Å². The number of sulfonamides is 1. The highest BCUT2D eigenvalue weighted by Crippen LogP contribution is 2.30. The molecule has 1 fully saturated rings. The maximum Gasteiger partial charge on any atom is 0.335 e. The second kappa shape index (κ2) is 9.99. The van der Waals surface area contributed by atoms with Gasteiger partial charge in [0.05, 0.1) is 10.5 Å². The van der Waals surface area contributed by atoms with E-state index in [0.29, 0.717) is 13.1 Å². The molecule has 9 nitrogen and oxygen atoms in total. The van der Waals surface area contributed by atoms with Crippen molar-refractivity contribution in [2.24, 2.45) is 0 Å². The van der Waals surface area contributed by atoms with Crippen LogP contribution >= 0.6 is 0 Å². The number of hydrogen-bond acceptors (Lipinski definition) is 7. The zero-order valence-electron chi connectivity index (χ0n) is 17.7. The van der Waals surface area contributed by atoms with Gasteiger partial charge in [-0.15, -0.1) is 0 Å². The molecule has 174 valence electrons. The van der Waals surface area contributed by atoms with Crippen LogP contribution in [0.5, 0.6) is 11.5 Å². The second-order valence-corrected chi connectivity index (χ2v) is 11.4. The fourth-order valence-corrected chi connectivity index (χ4v) is 5.27. The largest absolute Gasteiger partial charge is 0.478 e. The number of rotatable bonds is 9. The summed E-state index contributed by atoms with van der Waals surface area (Å²) in [6.45, 7) is 2.93. The zero-order chi connectivity index (χ0) is 23.4. The summed E-state index contributed by atoms with van der Waals surface area (Å²) in [5.74, 6) is -1.10. The fourth-order valence-electron chi connectivity index (χ4n) is 3.43. The Kier molecular flexibility index (Phi) is 7.55. The number of likely N-dealkylation sites (tertiary alicyclic amines) is 1. The SMILES string of the molecule is CS(=O)(=O)c1cc(C(=O)O)ccc1Oc1ccc(S(=O)(=O)NCCN2CCCCC2)cc1. The molecule has 0 atom stereocenters. The number of aromatic carboxylic acids is 1. The Balaban J connectivity index is 1.69. The average Bonchev–Trinajstić information content (AvgIpc) is 2.74. The van der Waals surface area contributed by atoms with Crippen molar-refractivity contribution in [1.82, 2.24) is 9.62 Å². The van der Waals surface area contributed by atoms with Gasteiger partial charge in [0.1, 0.15) is 16.4 Å². The molecule has 0 spiro atoms. The summed E-state index contributed by atoms with van der Waals surface area (Å²) < 4.78 is 57.4. The van der Waals surface area contributed by atoms with Gasteiger partial charge >= 0.3 is 5.97 Å². The zero-order valence-corrected chi connectivity index (χ0v) is 19.3. The molecule has 1 aliphatic heterocycles. The number of piperidine rings is 1. The normalized spacial score (nSPS) is 15.4. The summed E-state index contributed by atoms with van der Waals surface area (Å²) >= 11 is 0. The highest BCUT2D eigenvalue weighted by molar-refractivity contribution is 7.90. The standard InChI is InChI=1S/C21H26N2O7S2/c1-31(26,27)20-15-16(21(24)25)5-10-19(20)30-17-6-8-18(9-7-17)32(28,29)22-11-14-23-12-3-2-4-13-23/h5-10,15,22H,2-4,11-14H2,1H3,(H,24,25). The van der Waals surface area contributed by atoms with Gasteiger partial charge < -0.3 is 14.7 Å². The van der Waals surface area contributed by atoms with E-state index in [1.807, 2.05) is 0 Å².